The van der Waals surface area contributed by atoms with Gasteiger partial charge in [-0.2, -0.15) is 26.3 Å². The maximum atomic E-state index is 12.5. The molecule has 6 nitrogen and oxygen atoms in total. The van der Waals surface area contributed by atoms with Crippen LogP contribution in [0.4, 0.5) is 26.3 Å². The Bertz CT molecular complexity index is 650. The maximum Gasteiger partial charge on any atom is 0.434 e. The minimum Gasteiger partial charge on any atom is -0.462 e. The van der Waals surface area contributed by atoms with E-state index in [9.17, 15) is 40.7 Å². The Hall–Kier alpha value is -2.01. The second kappa shape index (κ2) is 11.9. The first-order valence-corrected chi connectivity index (χ1v) is 10.4. The van der Waals surface area contributed by atoms with E-state index in [1.54, 1.807) is 0 Å². The summed E-state index contributed by atoms with van der Waals surface area (Å²) >= 11 is 0. The van der Waals surface area contributed by atoms with Crippen LogP contribution in [0.3, 0.4) is 0 Å². The first kappa shape index (κ1) is 31.0. The molecule has 0 bridgehead atoms. The Balaban J connectivity index is 4.54. The van der Waals surface area contributed by atoms with Gasteiger partial charge in [0.1, 0.15) is 13.2 Å². The molecule has 33 heavy (non-hydrogen) atoms. The van der Waals surface area contributed by atoms with Gasteiger partial charge in [0.25, 0.3) is 6.10 Å². The van der Waals surface area contributed by atoms with Crippen LogP contribution in [-0.4, -0.2) is 49.6 Å². The molecule has 1 unspecified atom stereocenters. The third-order valence-corrected chi connectivity index (χ3v) is 5.01. The molecule has 0 aliphatic carbocycles. The highest BCUT2D eigenvalue weighted by atomic mass is 19.4. The largest absolute Gasteiger partial charge is 0.462 e. The van der Waals surface area contributed by atoms with E-state index in [2.05, 4.69) is 4.74 Å². The molecule has 0 heterocycles. The molecule has 0 saturated heterocycles. The number of hydrogen-bond donors (Lipinski definition) is 0. The quantitative estimate of drug-likeness (QED) is 0.166. The van der Waals surface area contributed by atoms with E-state index in [1.807, 2.05) is 41.5 Å². The Morgan fingerprint density at radius 2 is 1.21 bits per heavy atom. The lowest BCUT2D eigenvalue weighted by atomic mass is 9.70. The van der Waals surface area contributed by atoms with Crippen LogP contribution in [0.15, 0.2) is 0 Å². The number of carbonyl (C=O) groups excluding carboxylic acids is 3. The Kier molecular flexibility index (Phi) is 11.2. The number of alkyl halides is 6. The number of rotatable bonds is 11. The average molecular weight is 494 g/mol. The van der Waals surface area contributed by atoms with Gasteiger partial charge in [-0.15, -0.1) is 0 Å². The molecule has 1 atom stereocenters. The highest BCUT2D eigenvalue weighted by Crippen LogP contribution is 2.39. The lowest BCUT2D eigenvalue weighted by Gasteiger charge is -2.35. The highest BCUT2D eigenvalue weighted by Gasteiger charge is 2.59. The van der Waals surface area contributed by atoms with Gasteiger partial charge in [0, 0.05) is 0 Å². The Morgan fingerprint density at radius 3 is 1.64 bits per heavy atom. The molecule has 0 fully saturated rings. The zero-order chi connectivity index (χ0) is 26.3. The fraction of sp³-hybridized carbons (Fsp3) is 0.857. The van der Waals surface area contributed by atoms with Crippen molar-refractivity contribution in [2.24, 2.45) is 16.7 Å². The van der Waals surface area contributed by atoms with Gasteiger partial charge >= 0.3 is 30.3 Å². The van der Waals surface area contributed by atoms with Crippen molar-refractivity contribution in [1.82, 2.24) is 0 Å². The minimum atomic E-state index is -5.84. The van der Waals surface area contributed by atoms with E-state index in [1.165, 1.54) is 0 Å². The second-order valence-corrected chi connectivity index (χ2v) is 9.48. The molecule has 0 aromatic carbocycles. The van der Waals surface area contributed by atoms with E-state index in [-0.39, 0.29) is 24.0 Å². The molecular weight excluding hydrogens is 462 g/mol. The van der Waals surface area contributed by atoms with Gasteiger partial charge in [-0.05, 0) is 17.3 Å². The van der Waals surface area contributed by atoms with Crippen LogP contribution >= 0.6 is 0 Å². The summed E-state index contributed by atoms with van der Waals surface area (Å²) in [6, 6.07) is 0. The highest BCUT2D eigenvalue weighted by molar-refractivity contribution is 5.77. The van der Waals surface area contributed by atoms with Gasteiger partial charge in [-0.25, -0.2) is 0 Å². The lowest BCUT2D eigenvalue weighted by Crippen LogP contribution is -2.45. The number of hydrogen-bond acceptors (Lipinski definition) is 6. The number of esters is 3. The second-order valence-electron chi connectivity index (χ2n) is 9.48. The number of halogens is 6. The summed E-state index contributed by atoms with van der Waals surface area (Å²) in [5.41, 5.74) is -0.486. The van der Waals surface area contributed by atoms with Crippen LogP contribution in [0.2, 0.25) is 0 Å². The first-order chi connectivity index (χ1) is 14.7. The van der Waals surface area contributed by atoms with Gasteiger partial charge in [0.05, 0.1) is 18.8 Å². The van der Waals surface area contributed by atoms with Crippen molar-refractivity contribution in [2.45, 2.75) is 85.7 Å². The zero-order valence-electron chi connectivity index (χ0n) is 19.6. The Labute approximate surface area is 189 Å². The van der Waals surface area contributed by atoms with Crippen LogP contribution in [0, 0.1) is 16.7 Å². The maximum absolute atomic E-state index is 12.5. The fourth-order valence-corrected chi connectivity index (χ4v) is 2.62. The van der Waals surface area contributed by atoms with Crippen LogP contribution in [0.1, 0.15) is 67.2 Å². The van der Waals surface area contributed by atoms with Crippen molar-refractivity contribution in [3.05, 3.63) is 0 Å². The predicted octanol–water partition coefficient (Wildman–Crippen LogP) is 5.38. The van der Waals surface area contributed by atoms with Gasteiger partial charge in [0.15, 0.2) is 0 Å². The lowest BCUT2D eigenvalue weighted by molar-refractivity contribution is -0.313. The summed E-state index contributed by atoms with van der Waals surface area (Å²) < 4.78 is 87.4. The third-order valence-electron chi connectivity index (χ3n) is 5.01. The van der Waals surface area contributed by atoms with Crippen LogP contribution in [0.25, 0.3) is 0 Å². The molecule has 0 aliphatic rings. The van der Waals surface area contributed by atoms with Crippen molar-refractivity contribution in [2.75, 3.05) is 13.2 Å². The summed E-state index contributed by atoms with van der Waals surface area (Å²) in [5, 5.41) is 0. The van der Waals surface area contributed by atoms with Gasteiger partial charge in [-0.3, -0.25) is 14.4 Å². The standard InChI is InChI=1S/C21H32F6O6/c1-7-19(5,6)12-13(18(2,3)4)16(30)32-11-10-31-14(28)8-9-15(29)33-17(20(22,23)24)21(25,26)27/h13,17H,7-12H2,1-6H3. The van der Waals surface area contributed by atoms with Crippen molar-refractivity contribution < 1.29 is 54.9 Å². The minimum absolute atomic E-state index is 0.102. The molecule has 12 heteroatoms. The van der Waals surface area contributed by atoms with E-state index in [0.717, 1.165) is 6.42 Å². The normalized spacial score (nSPS) is 14.1. The van der Waals surface area contributed by atoms with E-state index in [0.29, 0.717) is 6.42 Å². The molecule has 0 saturated carbocycles. The molecule has 0 aromatic heterocycles. The monoisotopic (exact) mass is 494 g/mol. The van der Waals surface area contributed by atoms with Crippen LogP contribution in [0.5, 0.6) is 0 Å². The first-order valence-electron chi connectivity index (χ1n) is 10.4. The van der Waals surface area contributed by atoms with Crippen LogP contribution in [-0.2, 0) is 28.6 Å². The van der Waals surface area contributed by atoms with Crippen molar-refractivity contribution in [3.8, 4) is 0 Å². The Morgan fingerprint density at radius 1 is 0.758 bits per heavy atom. The summed E-state index contributed by atoms with van der Waals surface area (Å²) in [5.74, 6) is -3.83. The van der Waals surface area contributed by atoms with Crippen LogP contribution < -0.4 is 0 Å². The zero-order valence-corrected chi connectivity index (χ0v) is 19.6. The van der Waals surface area contributed by atoms with Gasteiger partial charge < -0.3 is 14.2 Å². The SMILES string of the molecule is CCC(C)(C)CC(C(=O)OCCOC(=O)CCC(=O)OC(C(F)(F)F)C(F)(F)F)C(C)(C)C. The van der Waals surface area contributed by atoms with Crippen molar-refractivity contribution >= 4 is 17.9 Å². The topological polar surface area (TPSA) is 78.9 Å². The summed E-state index contributed by atoms with van der Waals surface area (Å²) in [7, 11) is 0. The molecular formula is C21H32F6O6. The van der Waals surface area contributed by atoms with E-state index < -0.39 is 55.1 Å². The molecule has 0 radical (unpaired) electrons. The van der Waals surface area contributed by atoms with Gasteiger partial charge in [0.2, 0.25) is 0 Å². The smallest absolute Gasteiger partial charge is 0.434 e. The summed E-state index contributed by atoms with van der Waals surface area (Å²) in [6.45, 7) is 11.1. The summed E-state index contributed by atoms with van der Waals surface area (Å²) in [4.78, 5) is 35.4. The molecule has 0 spiro atoms. The number of ether oxygens (including phenoxy) is 3. The predicted molar refractivity (Wildman–Crippen MR) is 105 cm³/mol. The molecule has 194 valence electrons. The van der Waals surface area contributed by atoms with Crippen molar-refractivity contribution in [3.63, 3.8) is 0 Å². The molecule has 0 amide bonds. The average Bonchev–Trinajstić information content (AvgIpc) is 2.63. The number of carbonyl (C=O) groups is 3. The fourth-order valence-electron chi connectivity index (χ4n) is 2.62. The summed E-state index contributed by atoms with van der Waals surface area (Å²) in [6.07, 6.45) is -16.4. The molecule has 0 aliphatic heterocycles. The van der Waals surface area contributed by atoms with Crippen molar-refractivity contribution in [1.29, 1.82) is 0 Å². The van der Waals surface area contributed by atoms with E-state index >= 15 is 0 Å². The van der Waals surface area contributed by atoms with Gasteiger partial charge in [-0.1, -0.05) is 48.0 Å². The van der Waals surface area contributed by atoms with E-state index in [4.69, 9.17) is 9.47 Å². The third kappa shape index (κ3) is 12.1. The molecule has 0 aromatic rings. The molecule has 0 N–H and O–H groups in total. The molecule has 0 rings (SSSR count).